The second-order valence-electron chi connectivity index (χ2n) is 5.15. The van der Waals surface area contributed by atoms with E-state index in [1.807, 2.05) is 14.1 Å². The second-order valence-corrected chi connectivity index (χ2v) is 5.15. The highest BCUT2D eigenvalue weighted by Crippen LogP contribution is 2.02. The summed E-state index contributed by atoms with van der Waals surface area (Å²) in [5, 5.41) is 20.0. The molecule has 20 heavy (non-hydrogen) atoms. The quantitative estimate of drug-likeness (QED) is 0.540. The molecule has 0 radical (unpaired) electrons. The van der Waals surface area contributed by atoms with Crippen LogP contribution in [0.3, 0.4) is 0 Å². The molecule has 1 aliphatic heterocycles. The van der Waals surface area contributed by atoms with E-state index in [1.165, 1.54) is 0 Å². The van der Waals surface area contributed by atoms with E-state index in [0.29, 0.717) is 13.1 Å². The van der Waals surface area contributed by atoms with E-state index >= 15 is 0 Å². The highest BCUT2D eigenvalue weighted by Gasteiger charge is 2.25. The van der Waals surface area contributed by atoms with Gasteiger partial charge in [-0.3, -0.25) is 4.90 Å². The molecule has 116 valence electrons. The van der Waals surface area contributed by atoms with Gasteiger partial charge < -0.3 is 25.3 Å². The number of nitrogens with zero attached hydrogens (tertiary/aromatic N) is 3. The number of aliphatic carboxylic acids is 1. The number of carboxylic acids is 1. The molecule has 8 heteroatoms. The number of likely N-dealkylation sites (N-methyl/N-ethyl adjacent to an activating group) is 1. The molecule has 1 atom stereocenters. The number of piperazine rings is 1. The Morgan fingerprint density at radius 3 is 2.30 bits per heavy atom. The van der Waals surface area contributed by atoms with Gasteiger partial charge in [0.05, 0.1) is 6.61 Å². The van der Waals surface area contributed by atoms with Gasteiger partial charge in [0.2, 0.25) is 0 Å². The molecule has 1 fully saturated rings. The maximum absolute atomic E-state index is 11.9. The summed E-state index contributed by atoms with van der Waals surface area (Å²) in [5.74, 6) is -1.23. The molecule has 0 aromatic carbocycles. The summed E-state index contributed by atoms with van der Waals surface area (Å²) < 4.78 is 0. The Morgan fingerprint density at radius 1 is 1.25 bits per heavy atom. The lowest BCUT2D eigenvalue weighted by Crippen LogP contribution is -2.55. The molecule has 0 saturated carbocycles. The molecule has 0 aromatic heterocycles. The Labute approximate surface area is 118 Å². The van der Waals surface area contributed by atoms with E-state index in [1.54, 1.807) is 4.90 Å². The number of hydrogen-bond acceptors (Lipinski definition) is 5. The Balaban J connectivity index is 2.33. The largest absolute Gasteiger partial charge is 0.480 e. The predicted octanol–water partition coefficient (Wildman–Crippen LogP) is -1.68. The Morgan fingerprint density at radius 2 is 1.85 bits per heavy atom. The van der Waals surface area contributed by atoms with E-state index in [2.05, 4.69) is 15.1 Å². The summed E-state index contributed by atoms with van der Waals surface area (Å²) in [5.41, 5.74) is 0. The zero-order valence-electron chi connectivity index (χ0n) is 12.1. The monoisotopic (exact) mass is 288 g/mol. The molecule has 0 aromatic rings. The number of nitrogens with one attached hydrogen (secondary N) is 1. The summed E-state index contributed by atoms with van der Waals surface area (Å²) >= 11 is 0. The van der Waals surface area contributed by atoms with Gasteiger partial charge in [0.25, 0.3) is 0 Å². The fourth-order valence-electron chi connectivity index (χ4n) is 1.94. The topological polar surface area (TPSA) is 96.4 Å². The zero-order valence-corrected chi connectivity index (χ0v) is 12.1. The highest BCUT2D eigenvalue weighted by molar-refractivity contribution is 5.82. The average Bonchev–Trinajstić information content (AvgIpc) is 2.42. The molecule has 1 aliphatic rings. The van der Waals surface area contributed by atoms with Crippen LogP contribution in [0.4, 0.5) is 4.79 Å². The molecule has 0 bridgehead atoms. The normalized spacial score (nSPS) is 18.1. The van der Waals surface area contributed by atoms with Crippen molar-refractivity contribution in [1.82, 2.24) is 20.0 Å². The van der Waals surface area contributed by atoms with Crippen molar-refractivity contribution in [1.29, 1.82) is 0 Å². The van der Waals surface area contributed by atoms with Crippen molar-refractivity contribution in [2.45, 2.75) is 6.04 Å². The minimum Gasteiger partial charge on any atom is -0.480 e. The highest BCUT2D eigenvalue weighted by atomic mass is 16.4. The van der Waals surface area contributed by atoms with Crippen LogP contribution in [0, 0.1) is 0 Å². The standard InChI is InChI=1S/C12H24N4O4/c1-14(2)3-4-15-5-7-16(8-6-15)12(20)13-10(9-17)11(18)19/h10,17H,3-9H2,1-2H3,(H,13,20)(H,18,19). The maximum Gasteiger partial charge on any atom is 0.328 e. The number of carbonyl (C=O) groups excluding carboxylic acids is 1. The van der Waals surface area contributed by atoms with Crippen LogP contribution in [0.15, 0.2) is 0 Å². The SMILES string of the molecule is CN(C)CCN1CCN(C(=O)NC(CO)C(=O)O)CC1. The van der Waals surface area contributed by atoms with Crippen molar-refractivity contribution in [2.24, 2.45) is 0 Å². The number of urea groups is 1. The van der Waals surface area contributed by atoms with Crippen LogP contribution in [-0.4, -0.2) is 103 Å². The van der Waals surface area contributed by atoms with Crippen LogP contribution in [0.5, 0.6) is 0 Å². The van der Waals surface area contributed by atoms with Gasteiger partial charge in [-0.05, 0) is 14.1 Å². The van der Waals surface area contributed by atoms with E-state index in [-0.39, 0.29) is 0 Å². The molecule has 0 spiro atoms. The van der Waals surface area contributed by atoms with Gasteiger partial charge >= 0.3 is 12.0 Å². The molecule has 2 amide bonds. The number of hydrogen-bond donors (Lipinski definition) is 3. The van der Waals surface area contributed by atoms with E-state index in [0.717, 1.165) is 26.2 Å². The molecular weight excluding hydrogens is 264 g/mol. The number of rotatable bonds is 6. The van der Waals surface area contributed by atoms with Crippen molar-refractivity contribution >= 4 is 12.0 Å². The third-order valence-corrected chi connectivity index (χ3v) is 3.30. The predicted molar refractivity (Wildman–Crippen MR) is 73.6 cm³/mol. The van der Waals surface area contributed by atoms with Crippen LogP contribution < -0.4 is 5.32 Å². The van der Waals surface area contributed by atoms with E-state index < -0.39 is 24.6 Å². The van der Waals surface area contributed by atoms with E-state index in [4.69, 9.17) is 10.2 Å². The molecule has 1 rings (SSSR count). The van der Waals surface area contributed by atoms with E-state index in [9.17, 15) is 9.59 Å². The van der Waals surface area contributed by atoms with Crippen LogP contribution in [-0.2, 0) is 4.79 Å². The molecule has 1 heterocycles. The molecule has 8 nitrogen and oxygen atoms in total. The molecule has 3 N–H and O–H groups in total. The van der Waals surface area contributed by atoms with Crippen molar-refractivity contribution in [3.8, 4) is 0 Å². The van der Waals surface area contributed by atoms with Gasteiger partial charge in [0, 0.05) is 39.3 Å². The average molecular weight is 288 g/mol. The van der Waals surface area contributed by atoms with Gasteiger partial charge in [0.1, 0.15) is 0 Å². The van der Waals surface area contributed by atoms with Gasteiger partial charge in [-0.15, -0.1) is 0 Å². The first-order valence-corrected chi connectivity index (χ1v) is 6.70. The van der Waals surface area contributed by atoms with Crippen LogP contribution in [0.25, 0.3) is 0 Å². The fraction of sp³-hybridized carbons (Fsp3) is 0.833. The number of amides is 2. The Hall–Kier alpha value is -1.38. The van der Waals surface area contributed by atoms with Crippen LogP contribution in [0.1, 0.15) is 0 Å². The summed E-state index contributed by atoms with van der Waals surface area (Å²) in [6, 6.07) is -1.67. The Bertz CT molecular complexity index is 329. The number of carbonyl (C=O) groups is 2. The first-order chi connectivity index (χ1) is 9.43. The smallest absolute Gasteiger partial charge is 0.328 e. The third kappa shape index (κ3) is 5.32. The van der Waals surface area contributed by atoms with Crippen LogP contribution in [0.2, 0.25) is 0 Å². The Kier molecular flexibility index (Phi) is 6.69. The van der Waals surface area contributed by atoms with Gasteiger partial charge in [-0.25, -0.2) is 9.59 Å². The number of carboxylic acid groups (broad SMARTS) is 1. The summed E-state index contributed by atoms with van der Waals surface area (Å²) in [4.78, 5) is 28.6. The summed E-state index contributed by atoms with van der Waals surface area (Å²) in [6.45, 7) is 4.00. The van der Waals surface area contributed by atoms with Crippen molar-refractivity contribution in [3.05, 3.63) is 0 Å². The van der Waals surface area contributed by atoms with Gasteiger partial charge in [-0.2, -0.15) is 0 Å². The summed E-state index contributed by atoms with van der Waals surface area (Å²) in [7, 11) is 4.04. The van der Waals surface area contributed by atoms with Gasteiger partial charge in [-0.1, -0.05) is 0 Å². The second kappa shape index (κ2) is 8.03. The number of aliphatic hydroxyl groups is 1. The third-order valence-electron chi connectivity index (χ3n) is 3.30. The van der Waals surface area contributed by atoms with Crippen molar-refractivity contribution in [3.63, 3.8) is 0 Å². The maximum atomic E-state index is 11.9. The zero-order chi connectivity index (χ0) is 15.1. The first-order valence-electron chi connectivity index (χ1n) is 6.70. The molecule has 1 saturated heterocycles. The molecule has 0 aliphatic carbocycles. The number of aliphatic hydroxyl groups excluding tert-OH is 1. The summed E-state index contributed by atoms with van der Waals surface area (Å²) in [6.07, 6.45) is 0. The van der Waals surface area contributed by atoms with Crippen molar-refractivity contribution in [2.75, 3.05) is 60.0 Å². The first kappa shape index (κ1) is 16.7. The fourth-order valence-corrected chi connectivity index (χ4v) is 1.94. The molecule has 1 unspecified atom stereocenters. The lowest BCUT2D eigenvalue weighted by molar-refractivity contribution is -0.140. The molecular formula is C12H24N4O4. The lowest BCUT2D eigenvalue weighted by Gasteiger charge is -2.35. The van der Waals surface area contributed by atoms with Crippen molar-refractivity contribution < 1.29 is 19.8 Å². The van der Waals surface area contributed by atoms with Crippen LogP contribution >= 0.6 is 0 Å². The minimum absolute atomic E-state index is 0.432. The minimum atomic E-state index is -1.24. The lowest BCUT2D eigenvalue weighted by atomic mass is 10.3. The van der Waals surface area contributed by atoms with Gasteiger partial charge in [0.15, 0.2) is 6.04 Å².